The van der Waals surface area contributed by atoms with Gasteiger partial charge in [-0.25, -0.2) is 13.1 Å². The lowest BCUT2D eigenvalue weighted by atomic mass is 10.3. The Hall–Kier alpha value is -1.15. The Morgan fingerprint density at radius 1 is 1.22 bits per heavy atom. The molecule has 1 heterocycles. The van der Waals surface area contributed by atoms with Crippen molar-refractivity contribution in [2.24, 2.45) is 0 Å². The molecule has 0 aromatic heterocycles. The minimum atomic E-state index is -3.47. The quantitative estimate of drug-likeness (QED) is 0.689. The number of ether oxygens (including phenoxy) is 2. The fourth-order valence-electron chi connectivity index (χ4n) is 2.30. The molecule has 7 heteroatoms. The predicted octanol–water partition coefficient (Wildman–Crippen LogP) is 1.48. The van der Waals surface area contributed by atoms with Crippen molar-refractivity contribution in [3.63, 3.8) is 0 Å². The van der Waals surface area contributed by atoms with Gasteiger partial charge in [0.25, 0.3) is 0 Å². The molecule has 1 aliphatic heterocycles. The zero-order chi connectivity index (χ0) is 16.5. The first-order chi connectivity index (χ1) is 11.1. The van der Waals surface area contributed by atoms with Gasteiger partial charge in [0.05, 0.1) is 24.7 Å². The van der Waals surface area contributed by atoms with Crippen LogP contribution in [0.2, 0.25) is 0 Å². The Bertz CT molecular complexity index is 554. The van der Waals surface area contributed by atoms with Gasteiger partial charge >= 0.3 is 0 Å². The van der Waals surface area contributed by atoms with E-state index in [1.54, 1.807) is 24.3 Å². The summed E-state index contributed by atoms with van der Waals surface area (Å²) in [5.41, 5.74) is 0. The average molecular weight is 342 g/mol. The molecule has 0 spiro atoms. The lowest BCUT2D eigenvalue weighted by Crippen LogP contribution is -2.41. The summed E-state index contributed by atoms with van der Waals surface area (Å²) in [7, 11) is -3.47. The molecular formula is C16H26N2O4S. The van der Waals surface area contributed by atoms with Gasteiger partial charge in [-0.15, -0.1) is 0 Å². The molecule has 0 bridgehead atoms. The molecule has 0 radical (unpaired) electrons. The van der Waals surface area contributed by atoms with Gasteiger partial charge in [-0.1, -0.05) is 13.3 Å². The molecule has 0 atom stereocenters. The number of nitrogens with zero attached hydrogens (tertiary/aromatic N) is 1. The zero-order valence-corrected chi connectivity index (χ0v) is 14.5. The highest BCUT2D eigenvalue weighted by Crippen LogP contribution is 2.16. The van der Waals surface area contributed by atoms with E-state index in [0.717, 1.165) is 25.9 Å². The summed E-state index contributed by atoms with van der Waals surface area (Å²) in [6.07, 6.45) is 2.06. The van der Waals surface area contributed by atoms with Gasteiger partial charge in [-0.05, 0) is 30.7 Å². The van der Waals surface area contributed by atoms with Crippen molar-refractivity contribution in [2.45, 2.75) is 24.7 Å². The summed E-state index contributed by atoms with van der Waals surface area (Å²) in [6, 6.07) is 6.56. The van der Waals surface area contributed by atoms with Crippen LogP contribution in [0.5, 0.6) is 5.75 Å². The minimum absolute atomic E-state index is 0.266. The summed E-state index contributed by atoms with van der Waals surface area (Å²) in [4.78, 5) is 2.46. The van der Waals surface area contributed by atoms with E-state index in [0.29, 0.717) is 38.7 Å². The number of unbranched alkanes of at least 4 members (excludes halogenated alkanes) is 1. The Kier molecular flexibility index (Phi) is 7.29. The zero-order valence-electron chi connectivity index (χ0n) is 13.7. The van der Waals surface area contributed by atoms with E-state index in [4.69, 9.17) is 9.47 Å². The molecule has 1 aromatic rings. The lowest BCUT2D eigenvalue weighted by molar-refractivity contribution is 0.0390. The van der Waals surface area contributed by atoms with Crippen LogP contribution in [-0.2, 0) is 14.8 Å². The van der Waals surface area contributed by atoms with Crippen molar-refractivity contribution in [1.82, 2.24) is 9.62 Å². The number of nitrogens with one attached hydrogen (secondary N) is 1. The Labute approximate surface area is 138 Å². The van der Waals surface area contributed by atoms with E-state index in [1.165, 1.54) is 0 Å². The van der Waals surface area contributed by atoms with Crippen LogP contribution < -0.4 is 9.46 Å². The molecule has 130 valence electrons. The van der Waals surface area contributed by atoms with E-state index in [2.05, 4.69) is 16.5 Å². The first-order valence-corrected chi connectivity index (χ1v) is 9.63. The summed E-state index contributed by atoms with van der Waals surface area (Å²) in [5, 5.41) is 0. The molecule has 0 saturated carbocycles. The van der Waals surface area contributed by atoms with Gasteiger partial charge in [0.15, 0.2) is 0 Å². The normalized spacial score (nSPS) is 16.4. The third kappa shape index (κ3) is 6.10. The number of morpholine rings is 1. The molecular weight excluding hydrogens is 316 g/mol. The van der Waals surface area contributed by atoms with Crippen molar-refractivity contribution in [1.29, 1.82) is 0 Å². The number of hydrogen-bond acceptors (Lipinski definition) is 5. The van der Waals surface area contributed by atoms with Crippen LogP contribution >= 0.6 is 0 Å². The van der Waals surface area contributed by atoms with Gasteiger partial charge in [0.1, 0.15) is 5.75 Å². The summed E-state index contributed by atoms with van der Waals surface area (Å²) >= 11 is 0. The molecule has 0 aliphatic carbocycles. The van der Waals surface area contributed by atoms with Gasteiger partial charge < -0.3 is 9.47 Å². The largest absolute Gasteiger partial charge is 0.494 e. The summed E-state index contributed by atoms with van der Waals surface area (Å²) in [6.45, 7) is 6.98. The minimum Gasteiger partial charge on any atom is -0.494 e. The Morgan fingerprint density at radius 2 is 1.91 bits per heavy atom. The van der Waals surface area contributed by atoms with Crippen molar-refractivity contribution < 1.29 is 17.9 Å². The smallest absolute Gasteiger partial charge is 0.240 e. The first kappa shape index (κ1) is 18.2. The molecule has 2 rings (SSSR count). The number of hydrogen-bond donors (Lipinski definition) is 1. The molecule has 0 amide bonds. The second-order valence-electron chi connectivity index (χ2n) is 5.53. The van der Waals surface area contributed by atoms with Crippen LogP contribution in [0.1, 0.15) is 19.8 Å². The molecule has 1 aromatic carbocycles. The lowest BCUT2D eigenvalue weighted by Gasteiger charge is -2.26. The van der Waals surface area contributed by atoms with Crippen LogP contribution in [0.25, 0.3) is 0 Å². The molecule has 1 N–H and O–H groups in total. The van der Waals surface area contributed by atoms with Crippen LogP contribution in [0.3, 0.4) is 0 Å². The van der Waals surface area contributed by atoms with Crippen molar-refractivity contribution in [2.75, 3.05) is 46.0 Å². The fraction of sp³-hybridized carbons (Fsp3) is 0.625. The maximum absolute atomic E-state index is 12.3. The molecule has 6 nitrogen and oxygen atoms in total. The van der Waals surface area contributed by atoms with E-state index in [9.17, 15) is 8.42 Å². The van der Waals surface area contributed by atoms with Crippen molar-refractivity contribution in [3.8, 4) is 5.75 Å². The Balaban J connectivity index is 1.81. The predicted molar refractivity (Wildman–Crippen MR) is 89.3 cm³/mol. The third-order valence-corrected chi connectivity index (χ3v) is 5.20. The van der Waals surface area contributed by atoms with Crippen molar-refractivity contribution >= 4 is 10.0 Å². The van der Waals surface area contributed by atoms with Crippen molar-refractivity contribution in [3.05, 3.63) is 24.3 Å². The summed E-state index contributed by atoms with van der Waals surface area (Å²) in [5.74, 6) is 0.700. The molecule has 23 heavy (non-hydrogen) atoms. The van der Waals surface area contributed by atoms with E-state index < -0.39 is 10.0 Å². The molecule has 1 fully saturated rings. The standard InChI is InChI=1S/C16H26N2O4S/c1-2-3-12-22-15-4-6-16(7-5-15)23(19,20)17-8-9-18-10-13-21-14-11-18/h4-7,17H,2-3,8-14H2,1H3. The maximum atomic E-state index is 12.3. The van der Waals surface area contributed by atoms with Gasteiger partial charge in [0, 0.05) is 26.2 Å². The number of sulfonamides is 1. The van der Waals surface area contributed by atoms with Gasteiger partial charge in [-0.3, -0.25) is 4.90 Å². The van der Waals surface area contributed by atoms with E-state index >= 15 is 0 Å². The highest BCUT2D eigenvalue weighted by molar-refractivity contribution is 7.89. The molecule has 0 unspecified atom stereocenters. The van der Waals surface area contributed by atoms with Crippen LogP contribution in [-0.4, -0.2) is 59.3 Å². The van der Waals surface area contributed by atoms with Crippen LogP contribution in [0.4, 0.5) is 0 Å². The van der Waals surface area contributed by atoms with Gasteiger partial charge in [-0.2, -0.15) is 0 Å². The first-order valence-electron chi connectivity index (χ1n) is 8.14. The fourth-order valence-corrected chi connectivity index (χ4v) is 3.32. The second-order valence-corrected chi connectivity index (χ2v) is 7.29. The van der Waals surface area contributed by atoms with Crippen LogP contribution in [0, 0.1) is 0 Å². The molecule has 1 saturated heterocycles. The highest BCUT2D eigenvalue weighted by Gasteiger charge is 2.15. The molecule has 1 aliphatic rings. The maximum Gasteiger partial charge on any atom is 0.240 e. The number of rotatable bonds is 9. The average Bonchev–Trinajstić information content (AvgIpc) is 2.56. The highest BCUT2D eigenvalue weighted by atomic mass is 32.2. The Morgan fingerprint density at radius 3 is 2.57 bits per heavy atom. The van der Waals surface area contributed by atoms with Gasteiger partial charge in [0.2, 0.25) is 10.0 Å². The SMILES string of the molecule is CCCCOc1ccc(S(=O)(=O)NCCN2CCOCC2)cc1. The summed E-state index contributed by atoms with van der Waals surface area (Å²) < 4.78 is 38.0. The van der Waals surface area contributed by atoms with E-state index in [1.807, 2.05) is 0 Å². The third-order valence-electron chi connectivity index (χ3n) is 3.72. The van der Waals surface area contributed by atoms with E-state index in [-0.39, 0.29) is 4.90 Å². The topological polar surface area (TPSA) is 67.9 Å². The second kappa shape index (κ2) is 9.22. The number of benzene rings is 1. The van der Waals surface area contributed by atoms with Crippen LogP contribution in [0.15, 0.2) is 29.2 Å². The monoisotopic (exact) mass is 342 g/mol.